The van der Waals surface area contributed by atoms with Gasteiger partial charge in [0.1, 0.15) is 0 Å². The number of nitrogens with two attached hydrogens (primary N) is 1. The number of benzene rings is 1. The van der Waals surface area contributed by atoms with Gasteiger partial charge in [0.05, 0.1) is 0 Å². The Morgan fingerprint density at radius 1 is 1.36 bits per heavy atom. The molecule has 0 aliphatic rings. The van der Waals surface area contributed by atoms with Crippen LogP contribution >= 0.6 is 15.9 Å². The summed E-state index contributed by atoms with van der Waals surface area (Å²) in [5.41, 5.74) is 7.32. The Kier molecular flexibility index (Phi) is 2.25. The van der Waals surface area contributed by atoms with Gasteiger partial charge in [-0.2, -0.15) is 0 Å². The van der Waals surface area contributed by atoms with Gasteiger partial charge in [-0.3, -0.25) is 0 Å². The van der Waals surface area contributed by atoms with Gasteiger partial charge >= 0.3 is 6.01 Å². The molecule has 0 bridgehead atoms. The average molecular weight is 254 g/mol. The van der Waals surface area contributed by atoms with Crippen molar-refractivity contribution in [1.29, 1.82) is 0 Å². The van der Waals surface area contributed by atoms with Crippen molar-refractivity contribution in [3.63, 3.8) is 0 Å². The number of rotatable bonds is 1. The number of aryl methyl sites for hydroxylation is 1. The van der Waals surface area contributed by atoms with Gasteiger partial charge < -0.3 is 10.2 Å². The molecule has 2 rings (SSSR count). The first-order valence-electron chi connectivity index (χ1n) is 4.02. The van der Waals surface area contributed by atoms with E-state index in [4.69, 9.17) is 10.2 Å². The van der Waals surface area contributed by atoms with Crippen molar-refractivity contribution in [3.8, 4) is 11.5 Å². The fourth-order valence-electron chi connectivity index (χ4n) is 1.13. The molecule has 2 aromatic rings. The first kappa shape index (κ1) is 9.21. The van der Waals surface area contributed by atoms with Crippen molar-refractivity contribution in [1.82, 2.24) is 10.2 Å². The van der Waals surface area contributed by atoms with E-state index in [1.165, 1.54) is 0 Å². The van der Waals surface area contributed by atoms with Crippen LogP contribution in [0.5, 0.6) is 0 Å². The van der Waals surface area contributed by atoms with Gasteiger partial charge in [-0.15, -0.1) is 5.10 Å². The molecule has 0 saturated heterocycles. The normalized spacial score (nSPS) is 10.4. The van der Waals surface area contributed by atoms with Crippen LogP contribution in [0.3, 0.4) is 0 Å². The molecule has 72 valence electrons. The molecular weight excluding hydrogens is 246 g/mol. The summed E-state index contributed by atoms with van der Waals surface area (Å²) in [6.45, 7) is 1.99. The molecule has 1 heterocycles. The standard InChI is InChI=1S/C9H8BrN3O/c1-5-4-6(2-3-7(5)10)8-12-13-9(11)14-8/h2-4H,1H3,(H2,11,13). The fraction of sp³-hybridized carbons (Fsp3) is 0.111. The highest BCUT2D eigenvalue weighted by Crippen LogP contribution is 2.24. The minimum Gasteiger partial charge on any atom is -0.404 e. The smallest absolute Gasteiger partial charge is 0.313 e. The molecule has 1 aromatic heterocycles. The van der Waals surface area contributed by atoms with Crippen molar-refractivity contribution >= 4 is 21.9 Å². The summed E-state index contributed by atoms with van der Waals surface area (Å²) in [5.74, 6) is 0.443. The van der Waals surface area contributed by atoms with E-state index in [0.717, 1.165) is 15.6 Å². The second kappa shape index (κ2) is 3.42. The molecule has 0 saturated carbocycles. The largest absolute Gasteiger partial charge is 0.404 e. The zero-order valence-electron chi connectivity index (χ0n) is 7.49. The Balaban J connectivity index is 2.47. The Bertz CT molecular complexity index is 467. The van der Waals surface area contributed by atoms with Crippen LogP contribution < -0.4 is 5.73 Å². The number of hydrogen-bond acceptors (Lipinski definition) is 4. The van der Waals surface area contributed by atoms with Crippen molar-refractivity contribution in [2.24, 2.45) is 0 Å². The van der Waals surface area contributed by atoms with Crippen LogP contribution in [0.25, 0.3) is 11.5 Å². The van der Waals surface area contributed by atoms with Crippen LogP contribution in [0, 0.1) is 6.92 Å². The summed E-state index contributed by atoms with van der Waals surface area (Å²) >= 11 is 3.42. The Hall–Kier alpha value is -1.36. The Labute approximate surface area is 89.3 Å². The topological polar surface area (TPSA) is 64.9 Å². The third-order valence-corrected chi connectivity index (χ3v) is 2.74. The van der Waals surface area contributed by atoms with Gasteiger partial charge in [0, 0.05) is 10.0 Å². The van der Waals surface area contributed by atoms with E-state index in [0.29, 0.717) is 5.89 Å². The number of halogens is 1. The number of nitrogens with zero attached hydrogens (tertiary/aromatic N) is 2. The van der Waals surface area contributed by atoms with Gasteiger partial charge in [0.25, 0.3) is 0 Å². The van der Waals surface area contributed by atoms with E-state index in [-0.39, 0.29) is 6.01 Å². The van der Waals surface area contributed by atoms with Crippen LogP contribution in [0.2, 0.25) is 0 Å². The van der Waals surface area contributed by atoms with Crippen LogP contribution in [0.4, 0.5) is 6.01 Å². The maximum Gasteiger partial charge on any atom is 0.313 e. The van der Waals surface area contributed by atoms with Gasteiger partial charge in [0.2, 0.25) is 5.89 Å². The van der Waals surface area contributed by atoms with E-state index in [1.807, 2.05) is 25.1 Å². The molecule has 0 radical (unpaired) electrons. The second-order valence-corrected chi connectivity index (χ2v) is 3.76. The zero-order valence-corrected chi connectivity index (χ0v) is 9.08. The SMILES string of the molecule is Cc1cc(-c2nnc(N)o2)ccc1Br. The lowest BCUT2D eigenvalue weighted by atomic mass is 10.1. The maximum atomic E-state index is 5.33. The molecule has 0 unspecified atom stereocenters. The highest BCUT2D eigenvalue weighted by molar-refractivity contribution is 9.10. The first-order valence-corrected chi connectivity index (χ1v) is 4.81. The van der Waals surface area contributed by atoms with E-state index >= 15 is 0 Å². The predicted octanol–water partition coefficient (Wildman–Crippen LogP) is 2.39. The molecular formula is C9H8BrN3O. The Morgan fingerprint density at radius 2 is 2.14 bits per heavy atom. The minimum atomic E-state index is 0.0839. The molecule has 0 spiro atoms. The molecule has 14 heavy (non-hydrogen) atoms. The molecule has 1 aromatic carbocycles. The van der Waals surface area contributed by atoms with Crippen LogP contribution in [0.15, 0.2) is 27.1 Å². The second-order valence-electron chi connectivity index (χ2n) is 2.91. The van der Waals surface area contributed by atoms with Gasteiger partial charge in [-0.05, 0) is 30.7 Å². The minimum absolute atomic E-state index is 0.0839. The van der Waals surface area contributed by atoms with E-state index in [1.54, 1.807) is 0 Å². The van der Waals surface area contributed by atoms with E-state index < -0.39 is 0 Å². The number of aromatic nitrogens is 2. The average Bonchev–Trinajstić information content (AvgIpc) is 2.57. The summed E-state index contributed by atoms with van der Waals surface area (Å²) in [4.78, 5) is 0. The van der Waals surface area contributed by atoms with Crippen LogP contribution in [-0.2, 0) is 0 Å². The molecule has 2 N–H and O–H groups in total. The molecule has 4 nitrogen and oxygen atoms in total. The third-order valence-electron chi connectivity index (χ3n) is 1.85. The summed E-state index contributed by atoms with van der Waals surface area (Å²) in [5, 5.41) is 7.39. The first-order chi connectivity index (χ1) is 6.66. The van der Waals surface area contributed by atoms with Gasteiger partial charge in [-0.25, -0.2) is 0 Å². The fourth-order valence-corrected chi connectivity index (χ4v) is 1.38. The van der Waals surface area contributed by atoms with Crippen molar-refractivity contribution in [3.05, 3.63) is 28.2 Å². The van der Waals surface area contributed by atoms with Crippen LogP contribution in [-0.4, -0.2) is 10.2 Å². The quantitative estimate of drug-likeness (QED) is 0.848. The van der Waals surface area contributed by atoms with Crippen molar-refractivity contribution in [2.75, 3.05) is 5.73 Å². The summed E-state index contributed by atoms with van der Waals surface area (Å²) in [6.07, 6.45) is 0. The van der Waals surface area contributed by atoms with Crippen molar-refractivity contribution < 1.29 is 4.42 Å². The molecule has 0 fully saturated rings. The molecule has 0 amide bonds. The third kappa shape index (κ3) is 1.63. The highest BCUT2D eigenvalue weighted by atomic mass is 79.9. The lowest BCUT2D eigenvalue weighted by molar-refractivity contribution is 0.590. The molecule has 5 heteroatoms. The zero-order chi connectivity index (χ0) is 10.1. The highest BCUT2D eigenvalue weighted by Gasteiger charge is 2.06. The van der Waals surface area contributed by atoms with Crippen LogP contribution in [0.1, 0.15) is 5.56 Å². The predicted molar refractivity (Wildman–Crippen MR) is 56.6 cm³/mol. The maximum absolute atomic E-state index is 5.33. The number of anilines is 1. The Morgan fingerprint density at radius 3 is 2.71 bits per heavy atom. The monoisotopic (exact) mass is 253 g/mol. The molecule has 0 atom stereocenters. The summed E-state index contributed by atoms with van der Waals surface area (Å²) in [7, 11) is 0. The number of nitrogen functional groups attached to an aromatic ring is 1. The van der Waals surface area contributed by atoms with Gasteiger partial charge in [0.15, 0.2) is 0 Å². The van der Waals surface area contributed by atoms with E-state index in [2.05, 4.69) is 26.1 Å². The summed E-state index contributed by atoms with van der Waals surface area (Å²) < 4.78 is 6.15. The lowest BCUT2D eigenvalue weighted by Crippen LogP contribution is -1.81. The molecule has 0 aliphatic heterocycles. The lowest BCUT2D eigenvalue weighted by Gasteiger charge is -1.99. The van der Waals surface area contributed by atoms with Crippen molar-refractivity contribution in [2.45, 2.75) is 6.92 Å². The number of hydrogen-bond donors (Lipinski definition) is 1. The van der Waals surface area contributed by atoms with Gasteiger partial charge in [-0.1, -0.05) is 21.0 Å². The summed E-state index contributed by atoms with van der Waals surface area (Å²) in [6, 6.07) is 5.87. The van der Waals surface area contributed by atoms with E-state index in [9.17, 15) is 0 Å². The molecule has 0 aliphatic carbocycles.